The molecular weight excluding hydrogens is 354 g/mol. The number of nitrogens with two attached hydrogens (primary N) is 1. The Morgan fingerprint density at radius 3 is 2.88 bits per heavy atom. The van der Waals surface area contributed by atoms with Crippen LogP contribution in [0.1, 0.15) is 44.6 Å². The van der Waals surface area contributed by atoms with E-state index in [4.69, 9.17) is 10.5 Å². The molecule has 0 fully saturated rings. The van der Waals surface area contributed by atoms with E-state index in [1.165, 1.54) is 23.6 Å². The van der Waals surface area contributed by atoms with E-state index >= 15 is 0 Å². The molecule has 8 heteroatoms. The Hall–Kier alpha value is -2.74. The highest BCUT2D eigenvalue weighted by atomic mass is 32.1. The third kappa shape index (κ3) is 3.91. The van der Waals surface area contributed by atoms with Crippen molar-refractivity contribution in [1.29, 1.82) is 0 Å². The molecule has 0 bridgehead atoms. The Bertz CT molecular complexity index is 848. The van der Waals surface area contributed by atoms with E-state index in [1.54, 1.807) is 12.1 Å². The molecule has 0 aromatic carbocycles. The number of esters is 1. The Labute approximate surface area is 154 Å². The molecule has 26 heavy (non-hydrogen) atoms. The van der Waals surface area contributed by atoms with Crippen LogP contribution in [0.4, 0.5) is 5.00 Å². The maximum Gasteiger partial charge on any atom is 0.357 e. The van der Waals surface area contributed by atoms with Gasteiger partial charge in [0, 0.05) is 11.1 Å². The van der Waals surface area contributed by atoms with Crippen molar-refractivity contribution in [2.24, 2.45) is 11.7 Å². The number of nitrogens with one attached hydrogen (secondary N) is 1. The molecule has 2 aromatic rings. The number of amides is 2. The topological polar surface area (TPSA) is 111 Å². The van der Waals surface area contributed by atoms with Gasteiger partial charge in [0.1, 0.15) is 10.7 Å². The molecule has 0 saturated carbocycles. The van der Waals surface area contributed by atoms with Gasteiger partial charge < -0.3 is 15.8 Å². The van der Waals surface area contributed by atoms with Crippen LogP contribution in [0.2, 0.25) is 0 Å². The molecule has 136 valence electrons. The zero-order chi connectivity index (χ0) is 18.7. The first-order chi connectivity index (χ1) is 12.5. The molecule has 0 unspecified atom stereocenters. The standard InChI is InChI=1S/C18H19N3O4S/c1-10-5-6-11-13(8-10)26-17(15(11)16(19)23)21-14(22)9-25-18(24)12-4-2-3-7-20-12/h2-4,7,10H,5-6,8-9H2,1H3,(H2,19,23)(H,21,22)/t10-/m1/s1. The summed E-state index contributed by atoms with van der Waals surface area (Å²) in [5.74, 6) is -1.24. The van der Waals surface area contributed by atoms with E-state index < -0.39 is 24.4 Å². The highest BCUT2D eigenvalue weighted by Gasteiger charge is 2.27. The van der Waals surface area contributed by atoms with Crippen molar-refractivity contribution in [2.75, 3.05) is 11.9 Å². The predicted molar refractivity (Wildman–Crippen MR) is 97.2 cm³/mol. The predicted octanol–water partition coefficient (Wildman–Crippen LogP) is 2.16. The van der Waals surface area contributed by atoms with Gasteiger partial charge in [-0.05, 0) is 42.9 Å². The Morgan fingerprint density at radius 2 is 2.19 bits per heavy atom. The van der Waals surface area contributed by atoms with E-state index in [-0.39, 0.29) is 5.69 Å². The summed E-state index contributed by atoms with van der Waals surface area (Å²) in [5.41, 5.74) is 6.95. The van der Waals surface area contributed by atoms with Gasteiger partial charge in [-0.3, -0.25) is 9.59 Å². The minimum absolute atomic E-state index is 0.124. The molecule has 0 radical (unpaired) electrons. The summed E-state index contributed by atoms with van der Waals surface area (Å²) in [5, 5.41) is 3.08. The Morgan fingerprint density at radius 1 is 1.38 bits per heavy atom. The number of nitrogens with zero attached hydrogens (tertiary/aromatic N) is 1. The van der Waals surface area contributed by atoms with Crippen molar-refractivity contribution in [1.82, 2.24) is 4.98 Å². The summed E-state index contributed by atoms with van der Waals surface area (Å²) < 4.78 is 4.96. The number of primary amides is 1. The summed E-state index contributed by atoms with van der Waals surface area (Å²) in [4.78, 5) is 40.8. The molecule has 1 aliphatic carbocycles. The van der Waals surface area contributed by atoms with Crippen LogP contribution in [-0.2, 0) is 22.4 Å². The third-order valence-corrected chi connectivity index (χ3v) is 5.39. The van der Waals surface area contributed by atoms with Gasteiger partial charge in [0.25, 0.3) is 11.8 Å². The van der Waals surface area contributed by atoms with Gasteiger partial charge in [0.15, 0.2) is 6.61 Å². The van der Waals surface area contributed by atoms with Crippen LogP contribution < -0.4 is 11.1 Å². The summed E-state index contributed by atoms with van der Waals surface area (Å²) in [6.07, 6.45) is 4.09. The molecule has 3 rings (SSSR count). The summed E-state index contributed by atoms with van der Waals surface area (Å²) in [6, 6.07) is 4.83. The number of hydrogen-bond donors (Lipinski definition) is 2. The van der Waals surface area contributed by atoms with E-state index in [0.29, 0.717) is 16.5 Å². The number of carbonyl (C=O) groups excluding carboxylic acids is 3. The van der Waals surface area contributed by atoms with E-state index in [9.17, 15) is 14.4 Å². The SMILES string of the molecule is C[C@@H]1CCc2c(sc(NC(=O)COC(=O)c3ccccn3)c2C(N)=O)C1. The van der Waals surface area contributed by atoms with Crippen LogP contribution in [0.25, 0.3) is 0 Å². The van der Waals surface area contributed by atoms with Gasteiger partial charge in [-0.25, -0.2) is 9.78 Å². The highest BCUT2D eigenvalue weighted by Crippen LogP contribution is 2.39. The lowest BCUT2D eigenvalue weighted by Gasteiger charge is -2.18. The number of anilines is 1. The van der Waals surface area contributed by atoms with Crippen LogP contribution in [0.3, 0.4) is 0 Å². The molecule has 0 aliphatic heterocycles. The van der Waals surface area contributed by atoms with Gasteiger partial charge in [0.2, 0.25) is 0 Å². The minimum Gasteiger partial charge on any atom is -0.451 e. The van der Waals surface area contributed by atoms with Crippen LogP contribution in [0.15, 0.2) is 24.4 Å². The van der Waals surface area contributed by atoms with Crippen molar-refractivity contribution in [3.63, 3.8) is 0 Å². The zero-order valence-electron chi connectivity index (χ0n) is 14.3. The second-order valence-corrected chi connectivity index (χ2v) is 7.36. The van der Waals surface area contributed by atoms with Crippen LogP contribution in [-0.4, -0.2) is 29.4 Å². The number of fused-ring (bicyclic) bond motifs is 1. The number of carbonyl (C=O) groups is 3. The van der Waals surface area contributed by atoms with E-state index in [2.05, 4.69) is 17.2 Å². The van der Waals surface area contributed by atoms with Crippen LogP contribution in [0.5, 0.6) is 0 Å². The first-order valence-electron chi connectivity index (χ1n) is 8.28. The number of rotatable bonds is 5. The second-order valence-electron chi connectivity index (χ2n) is 6.26. The summed E-state index contributed by atoms with van der Waals surface area (Å²) >= 11 is 1.37. The van der Waals surface area contributed by atoms with E-state index in [1.807, 2.05) is 0 Å². The minimum atomic E-state index is -0.685. The summed E-state index contributed by atoms with van der Waals surface area (Å²) in [6.45, 7) is 1.69. The Balaban J connectivity index is 1.68. The molecule has 1 atom stereocenters. The second kappa shape index (κ2) is 7.65. The molecule has 7 nitrogen and oxygen atoms in total. The fourth-order valence-corrected chi connectivity index (χ4v) is 4.38. The Kier molecular flexibility index (Phi) is 5.32. The van der Waals surface area contributed by atoms with Crippen LogP contribution in [0, 0.1) is 5.92 Å². The number of aromatic nitrogens is 1. The molecule has 0 saturated heterocycles. The maximum absolute atomic E-state index is 12.1. The van der Waals surface area contributed by atoms with Crippen LogP contribution >= 0.6 is 11.3 Å². The molecular formula is C18H19N3O4S. The lowest BCUT2D eigenvalue weighted by molar-refractivity contribution is -0.119. The van der Waals surface area contributed by atoms with Crippen molar-refractivity contribution >= 4 is 34.1 Å². The van der Waals surface area contributed by atoms with Gasteiger partial charge in [-0.15, -0.1) is 11.3 Å². The molecule has 2 heterocycles. The quantitative estimate of drug-likeness (QED) is 0.780. The number of pyridine rings is 1. The first kappa shape index (κ1) is 18.1. The fourth-order valence-electron chi connectivity index (χ4n) is 2.95. The molecule has 0 spiro atoms. The van der Waals surface area contributed by atoms with Gasteiger partial charge in [0.05, 0.1) is 5.56 Å². The number of hydrogen-bond acceptors (Lipinski definition) is 6. The third-order valence-electron chi connectivity index (χ3n) is 4.22. The van der Waals surface area contributed by atoms with Crippen molar-refractivity contribution in [3.05, 3.63) is 46.1 Å². The van der Waals surface area contributed by atoms with Gasteiger partial charge >= 0.3 is 5.97 Å². The number of ether oxygens (including phenoxy) is 1. The van der Waals surface area contributed by atoms with E-state index in [0.717, 1.165) is 29.7 Å². The number of thiophene rings is 1. The summed E-state index contributed by atoms with van der Waals surface area (Å²) in [7, 11) is 0. The normalized spacial score (nSPS) is 15.8. The molecule has 3 N–H and O–H groups in total. The lowest BCUT2D eigenvalue weighted by atomic mass is 9.88. The maximum atomic E-state index is 12.1. The van der Waals surface area contributed by atoms with Crippen molar-refractivity contribution in [3.8, 4) is 0 Å². The van der Waals surface area contributed by atoms with Gasteiger partial charge in [-0.1, -0.05) is 13.0 Å². The van der Waals surface area contributed by atoms with Crippen molar-refractivity contribution in [2.45, 2.75) is 26.2 Å². The molecule has 2 aromatic heterocycles. The highest BCUT2D eigenvalue weighted by molar-refractivity contribution is 7.17. The fraction of sp³-hybridized carbons (Fsp3) is 0.333. The average Bonchev–Trinajstić information content (AvgIpc) is 2.97. The zero-order valence-corrected chi connectivity index (χ0v) is 15.1. The monoisotopic (exact) mass is 373 g/mol. The lowest BCUT2D eigenvalue weighted by Crippen LogP contribution is -2.23. The first-order valence-corrected chi connectivity index (χ1v) is 9.09. The average molecular weight is 373 g/mol. The molecule has 2 amide bonds. The largest absolute Gasteiger partial charge is 0.451 e. The van der Waals surface area contributed by atoms with Gasteiger partial charge in [-0.2, -0.15) is 0 Å². The smallest absolute Gasteiger partial charge is 0.357 e. The van der Waals surface area contributed by atoms with Crippen molar-refractivity contribution < 1.29 is 19.1 Å². The molecule has 1 aliphatic rings.